The van der Waals surface area contributed by atoms with Gasteiger partial charge in [0.1, 0.15) is 13.2 Å². The standard InChI is InChI=1S/C17H18N2O4S/c18-14-4-1-5-15-13(14)3-2-8-19(15)24(20,21)12-6-7-16-17(11-12)23-10-9-22-16/h1,4-7,11H,2-3,8-10,18H2. The van der Waals surface area contributed by atoms with Gasteiger partial charge >= 0.3 is 0 Å². The van der Waals surface area contributed by atoms with Gasteiger partial charge in [-0.15, -0.1) is 0 Å². The van der Waals surface area contributed by atoms with E-state index in [9.17, 15) is 8.42 Å². The lowest BCUT2D eigenvalue weighted by atomic mass is 10.0. The quantitative estimate of drug-likeness (QED) is 0.843. The summed E-state index contributed by atoms with van der Waals surface area (Å²) in [7, 11) is -3.68. The van der Waals surface area contributed by atoms with Gasteiger partial charge in [-0.05, 0) is 42.7 Å². The van der Waals surface area contributed by atoms with E-state index in [1.807, 2.05) is 0 Å². The zero-order valence-corrected chi connectivity index (χ0v) is 13.9. The van der Waals surface area contributed by atoms with Crippen molar-refractivity contribution in [3.63, 3.8) is 0 Å². The summed E-state index contributed by atoms with van der Waals surface area (Å²) in [5.41, 5.74) is 8.21. The van der Waals surface area contributed by atoms with Crippen molar-refractivity contribution in [3.8, 4) is 11.5 Å². The SMILES string of the molecule is Nc1cccc2c1CCCN2S(=O)(=O)c1ccc2c(c1)OCCO2. The predicted octanol–water partition coefficient (Wildman–Crippen LogP) is 2.18. The summed E-state index contributed by atoms with van der Waals surface area (Å²) in [5.74, 6) is 1.04. The van der Waals surface area contributed by atoms with Crippen LogP contribution >= 0.6 is 0 Å². The maximum Gasteiger partial charge on any atom is 0.264 e. The van der Waals surface area contributed by atoms with Crippen molar-refractivity contribution in [1.82, 2.24) is 0 Å². The monoisotopic (exact) mass is 346 g/mol. The zero-order chi connectivity index (χ0) is 16.7. The highest BCUT2D eigenvalue weighted by molar-refractivity contribution is 7.92. The van der Waals surface area contributed by atoms with E-state index in [0.717, 1.165) is 18.4 Å². The van der Waals surface area contributed by atoms with Crippen LogP contribution < -0.4 is 19.5 Å². The van der Waals surface area contributed by atoms with Gasteiger partial charge in [-0.2, -0.15) is 0 Å². The normalized spacial score (nSPS) is 16.6. The minimum absolute atomic E-state index is 0.196. The van der Waals surface area contributed by atoms with Crippen LogP contribution in [0.25, 0.3) is 0 Å². The van der Waals surface area contributed by atoms with E-state index < -0.39 is 10.0 Å². The van der Waals surface area contributed by atoms with Crippen LogP contribution in [-0.4, -0.2) is 28.2 Å². The van der Waals surface area contributed by atoms with Gasteiger partial charge in [0.15, 0.2) is 11.5 Å². The molecule has 2 N–H and O–H groups in total. The van der Waals surface area contributed by atoms with E-state index in [1.54, 1.807) is 30.3 Å². The molecule has 7 heteroatoms. The van der Waals surface area contributed by atoms with Crippen molar-refractivity contribution in [1.29, 1.82) is 0 Å². The smallest absolute Gasteiger partial charge is 0.264 e. The molecule has 0 bridgehead atoms. The Morgan fingerprint density at radius 1 is 1.04 bits per heavy atom. The molecule has 0 radical (unpaired) electrons. The molecule has 0 aromatic heterocycles. The Hall–Kier alpha value is -2.41. The number of nitrogens with zero attached hydrogens (tertiary/aromatic N) is 1. The largest absolute Gasteiger partial charge is 0.486 e. The van der Waals surface area contributed by atoms with Gasteiger partial charge in [-0.3, -0.25) is 4.31 Å². The Morgan fingerprint density at radius 2 is 1.83 bits per heavy atom. The number of benzene rings is 2. The maximum absolute atomic E-state index is 13.1. The third kappa shape index (κ3) is 2.36. The molecule has 126 valence electrons. The summed E-state index contributed by atoms with van der Waals surface area (Å²) < 4.78 is 38.7. The summed E-state index contributed by atoms with van der Waals surface area (Å²) in [4.78, 5) is 0.196. The lowest BCUT2D eigenvalue weighted by Gasteiger charge is -2.31. The number of ether oxygens (including phenoxy) is 2. The third-order valence-corrected chi connectivity index (χ3v) is 6.16. The molecule has 0 aliphatic carbocycles. The lowest BCUT2D eigenvalue weighted by molar-refractivity contribution is 0.171. The van der Waals surface area contributed by atoms with Gasteiger partial charge in [0.2, 0.25) is 0 Å². The minimum Gasteiger partial charge on any atom is -0.486 e. The number of anilines is 2. The van der Waals surface area contributed by atoms with E-state index in [4.69, 9.17) is 15.2 Å². The van der Waals surface area contributed by atoms with Crippen LogP contribution in [0.5, 0.6) is 11.5 Å². The number of nitrogen functional groups attached to an aromatic ring is 1. The first-order valence-electron chi connectivity index (χ1n) is 7.87. The number of rotatable bonds is 2. The highest BCUT2D eigenvalue weighted by Crippen LogP contribution is 2.37. The van der Waals surface area contributed by atoms with Crippen LogP contribution in [0.1, 0.15) is 12.0 Å². The van der Waals surface area contributed by atoms with Crippen molar-refractivity contribution in [2.45, 2.75) is 17.7 Å². The second-order valence-corrected chi connectivity index (χ2v) is 7.69. The molecule has 0 atom stereocenters. The third-order valence-electron chi connectivity index (χ3n) is 4.35. The molecule has 24 heavy (non-hydrogen) atoms. The fourth-order valence-electron chi connectivity index (χ4n) is 3.18. The maximum atomic E-state index is 13.1. The first-order valence-corrected chi connectivity index (χ1v) is 9.31. The fourth-order valence-corrected chi connectivity index (χ4v) is 4.73. The van der Waals surface area contributed by atoms with Crippen molar-refractivity contribution in [3.05, 3.63) is 42.0 Å². The Balaban J connectivity index is 1.78. The first-order chi connectivity index (χ1) is 11.6. The second kappa shape index (κ2) is 5.59. The minimum atomic E-state index is -3.68. The Labute approximate surface area is 140 Å². The molecule has 0 saturated carbocycles. The van der Waals surface area contributed by atoms with Crippen LogP contribution in [-0.2, 0) is 16.4 Å². The molecule has 0 amide bonds. The van der Waals surface area contributed by atoms with Gasteiger partial charge < -0.3 is 15.2 Å². The summed E-state index contributed by atoms with van der Waals surface area (Å²) in [6, 6.07) is 10.1. The molecule has 2 aromatic carbocycles. The molecule has 2 heterocycles. The molecule has 2 aromatic rings. The molecule has 6 nitrogen and oxygen atoms in total. The van der Waals surface area contributed by atoms with E-state index >= 15 is 0 Å². The number of nitrogens with two attached hydrogens (primary N) is 1. The van der Waals surface area contributed by atoms with Crippen molar-refractivity contribution >= 4 is 21.4 Å². The predicted molar refractivity (Wildman–Crippen MR) is 91.1 cm³/mol. The Morgan fingerprint density at radius 3 is 2.67 bits per heavy atom. The number of hydrogen-bond donors (Lipinski definition) is 1. The zero-order valence-electron chi connectivity index (χ0n) is 13.1. The highest BCUT2D eigenvalue weighted by atomic mass is 32.2. The molecule has 4 rings (SSSR count). The van der Waals surface area contributed by atoms with Gasteiger partial charge in [0, 0.05) is 18.3 Å². The van der Waals surface area contributed by atoms with Gasteiger partial charge in [0.05, 0.1) is 10.6 Å². The average molecular weight is 346 g/mol. The summed E-state index contributed by atoms with van der Waals surface area (Å²) >= 11 is 0. The Bertz CT molecular complexity index is 895. The second-order valence-electron chi connectivity index (χ2n) is 5.83. The highest BCUT2D eigenvalue weighted by Gasteiger charge is 2.30. The van der Waals surface area contributed by atoms with E-state index in [1.165, 1.54) is 10.4 Å². The summed E-state index contributed by atoms with van der Waals surface area (Å²) in [5, 5.41) is 0. The first kappa shape index (κ1) is 15.1. The van der Waals surface area contributed by atoms with Crippen LogP contribution in [0.4, 0.5) is 11.4 Å². The van der Waals surface area contributed by atoms with Crippen molar-refractivity contribution in [2.75, 3.05) is 29.8 Å². The van der Waals surface area contributed by atoms with Gasteiger partial charge in [0.25, 0.3) is 10.0 Å². The summed E-state index contributed by atoms with van der Waals surface area (Å²) in [6.45, 7) is 1.32. The molecule has 0 fully saturated rings. The van der Waals surface area contributed by atoms with Crippen molar-refractivity contribution < 1.29 is 17.9 Å². The molecular formula is C17H18N2O4S. The van der Waals surface area contributed by atoms with Crippen molar-refractivity contribution in [2.24, 2.45) is 0 Å². The van der Waals surface area contributed by atoms with Crippen LogP contribution in [0.15, 0.2) is 41.3 Å². The number of hydrogen-bond acceptors (Lipinski definition) is 5. The summed E-state index contributed by atoms with van der Waals surface area (Å²) in [6.07, 6.45) is 1.53. The van der Waals surface area contributed by atoms with Crippen LogP contribution in [0.2, 0.25) is 0 Å². The average Bonchev–Trinajstić information content (AvgIpc) is 2.61. The van der Waals surface area contributed by atoms with Gasteiger partial charge in [-0.25, -0.2) is 8.42 Å². The fraction of sp³-hybridized carbons (Fsp3) is 0.294. The van der Waals surface area contributed by atoms with Crippen LogP contribution in [0, 0.1) is 0 Å². The number of fused-ring (bicyclic) bond motifs is 2. The molecule has 0 spiro atoms. The molecule has 2 aliphatic heterocycles. The van der Waals surface area contributed by atoms with Gasteiger partial charge in [-0.1, -0.05) is 6.07 Å². The molecule has 2 aliphatic rings. The Kier molecular flexibility index (Phi) is 3.53. The van der Waals surface area contributed by atoms with E-state index in [0.29, 0.717) is 42.6 Å². The van der Waals surface area contributed by atoms with E-state index in [-0.39, 0.29) is 4.90 Å². The van der Waals surface area contributed by atoms with Crippen LogP contribution in [0.3, 0.4) is 0 Å². The topological polar surface area (TPSA) is 81.9 Å². The molecule has 0 unspecified atom stereocenters. The number of sulfonamides is 1. The lowest BCUT2D eigenvalue weighted by Crippen LogP contribution is -2.35. The molecule has 0 saturated heterocycles. The molecular weight excluding hydrogens is 328 g/mol. The van der Waals surface area contributed by atoms with E-state index in [2.05, 4.69) is 0 Å².